The molecular weight excluding hydrogens is 344 g/mol. The number of oxime groups is 1. The maximum Gasteiger partial charge on any atom is 0.267 e. The fraction of sp³-hybridized carbons (Fsp3) is 0.222. The minimum Gasteiger partial charge on any atom is -0.493 e. The molecule has 2 rings (SSSR count). The Bertz CT molecular complexity index is 750. The minimum absolute atomic E-state index is 0.298. The van der Waals surface area contributed by atoms with Crippen molar-refractivity contribution in [3.8, 4) is 11.5 Å². The zero-order valence-corrected chi connectivity index (χ0v) is 14.9. The predicted octanol–water partition coefficient (Wildman–Crippen LogP) is 3.73. The standard InChI is InChI=1S/C18H19ClN2O4/c1-12(18(22)21-14-7-5-4-6-8-14)25-20-11-13-9-15(19)17(24-3)16(10-13)23-2/h4-12H,1-3H3,(H,21,22)/b20-11-/t12-/m0/s1. The van der Waals surface area contributed by atoms with Gasteiger partial charge in [0.1, 0.15) is 0 Å². The Hall–Kier alpha value is -2.73. The van der Waals surface area contributed by atoms with Crippen LogP contribution in [0.15, 0.2) is 47.6 Å². The molecule has 0 radical (unpaired) electrons. The van der Waals surface area contributed by atoms with Gasteiger partial charge in [-0.3, -0.25) is 4.79 Å². The number of hydrogen-bond donors (Lipinski definition) is 1. The topological polar surface area (TPSA) is 69.2 Å². The third kappa shape index (κ3) is 5.12. The van der Waals surface area contributed by atoms with Crippen molar-refractivity contribution < 1.29 is 19.1 Å². The molecule has 2 aromatic carbocycles. The molecular formula is C18H19ClN2O4. The molecule has 0 unspecified atom stereocenters. The molecule has 1 amide bonds. The van der Waals surface area contributed by atoms with Gasteiger partial charge in [-0.2, -0.15) is 0 Å². The summed E-state index contributed by atoms with van der Waals surface area (Å²) in [5, 5.41) is 6.96. The first-order chi connectivity index (χ1) is 12.0. The van der Waals surface area contributed by atoms with Gasteiger partial charge in [-0.25, -0.2) is 0 Å². The van der Waals surface area contributed by atoms with E-state index in [1.165, 1.54) is 20.4 Å². The van der Waals surface area contributed by atoms with Gasteiger partial charge in [0.05, 0.1) is 25.5 Å². The molecule has 2 aromatic rings. The van der Waals surface area contributed by atoms with Gasteiger partial charge < -0.3 is 19.6 Å². The number of para-hydroxylation sites is 1. The van der Waals surface area contributed by atoms with Crippen LogP contribution in [0.5, 0.6) is 11.5 Å². The van der Waals surface area contributed by atoms with Crippen LogP contribution in [-0.2, 0) is 9.63 Å². The van der Waals surface area contributed by atoms with Crippen LogP contribution < -0.4 is 14.8 Å². The Balaban J connectivity index is 1.98. The first-order valence-corrected chi connectivity index (χ1v) is 7.89. The summed E-state index contributed by atoms with van der Waals surface area (Å²) in [7, 11) is 3.02. The summed E-state index contributed by atoms with van der Waals surface area (Å²) in [6, 6.07) is 12.5. The third-order valence-corrected chi connectivity index (χ3v) is 3.57. The fourth-order valence-electron chi connectivity index (χ4n) is 2.01. The Kier molecular flexibility index (Phi) is 6.65. The van der Waals surface area contributed by atoms with Crippen LogP contribution in [0.25, 0.3) is 0 Å². The van der Waals surface area contributed by atoms with E-state index in [-0.39, 0.29) is 5.91 Å². The van der Waals surface area contributed by atoms with Crippen molar-refractivity contribution in [1.29, 1.82) is 0 Å². The largest absolute Gasteiger partial charge is 0.493 e. The lowest BCUT2D eigenvalue weighted by Gasteiger charge is -2.11. The van der Waals surface area contributed by atoms with E-state index in [9.17, 15) is 4.79 Å². The van der Waals surface area contributed by atoms with E-state index in [0.717, 1.165) is 0 Å². The van der Waals surface area contributed by atoms with Gasteiger partial charge in [0, 0.05) is 11.3 Å². The predicted molar refractivity (Wildman–Crippen MR) is 97.8 cm³/mol. The van der Waals surface area contributed by atoms with Gasteiger partial charge in [-0.15, -0.1) is 0 Å². The van der Waals surface area contributed by atoms with Gasteiger partial charge in [0.15, 0.2) is 11.5 Å². The van der Waals surface area contributed by atoms with Crippen LogP contribution in [0.2, 0.25) is 5.02 Å². The van der Waals surface area contributed by atoms with Crippen LogP contribution >= 0.6 is 11.6 Å². The number of nitrogens with zero attached hydrogens (tertiary/aromatic N) is 1. The summed E-state index contributed by atoms with van der Waals surface area (Å²) in [5.74, 6) is 0.623. The molecule has 0 aliphatic heterocycles. The highest BCUT2D eigenvalue weighted by Crippen LogP contribution is 2.35. The van der Waals surface area contributed by atoms with E-state index in [2.05, 4.69) is 10.5 Å². The summed E-state index contributed by atoms with van der Waals surface area (Å²) in [6.45, 7) is 1.61. The summed E-state index contributed by atoms with van der Waals surface area (Å²) < 4.78 is 10.4. The minimum atomic E-state index is -0.757. The molecule has 0 saturated carbocycles. The van der Waals surface area contributed by atoms with Gasteiger partial charge in [0.25, 0.3) is 5.91 Å². The molecule has 1 N–H and O–H groups in total. The van der Waals surface area contributed by atoms with E-state index < -0.39 is 6.10 Å². The van der Waals surface area contributed by atoms with E-state index >= 15 is 0 Å². The first-order valence-electron chi connectivity index (χ1n) is 7.51. The number of benzene rings is 2. The number of halogens is 1. The number of methoxy groups -OCH3 is 2. The average Bonchev–Trinajstić information content (AvgIpc) is 2.61. The quantitative estimate of drug-likeness (QED) is 0.601. The lowest BCUT2D eigenvalue weighted by Crippen LogP contribution is -2.26. The van der Waals surface area contributed by atoms with Crippen molar-refractivity contribution in [3.05, 3.63) is 53.1 Å². The molecule has 1 atom stereocenters. The maximum absolute atomic E-state index is 12.0. The fourth-order valence-corrected chi connectivity index (χ4v) is 2.30. The molecule has 0 heterocycles. The molecule has 7 heteroatoms. The van der Waals surface area contributed by atoms with E-state index in [1.54, 1.807) is 31.2 Å². The van der Waals surface area contributed by atoms with Crippen molar-refractivity contribution in [3.63, 3.8) is 0 Å². The number of rotatable bonds is 7. The second-order valence-electron chi connectivity index (χ2n) is 5.08. The number of nitrogens with one attached hydrogen (secondary N) is 1. The first kappa shape index (κ1) is 18.6. The van der Waals surface area contributed by atoms with Crippen LogP contribution in [0.4, 0.5) is 5.69 Å². The number of carbonyl (C=O) groups is 1. The van der Waals surface area contributed by atoms with Gasteiger partial charge in [0.2, 0.25) is 6.10 Å². The lowest BCUT2D eigenvalue weighted by atomic mass is 10.2. The highest BCUT2D eigenvalue weighted by atomic mass is 35.5. The monoisotopic (exact) mass is 362 g/mol. The summed E-state index contributed by atoms with van der Waals surface area (Å²) in [4.78, 5) is 17.2. The number of carbonyl (C=O) groups excluding carboxylic acids is 1. The molecule has 25 heavy (non-hydrogen) atoms. The normalized spacial score (nSPS) is 11.8. The Labute approximate surface area is 151 Å². The number of ether oxygens (including phenoxy) is 2. The van der Waals surface area contributed by atoms with Gasteiger partial charge >= 0.3 is 0 Å². The van der Waals surface area contributed by atoms with Crippen molar-refractivity contribution in [1.82, 2.24) is 0 Å². The molecule has 6 nitrogen and oxygen atoms in total. The molecule has 132 valence electrons. The molecule has 0 aliphatic carbocycles. The van der Waals surface area contributed by atoms with E-state index in [1.807, 2.05) is 18.2 Å². The Morgan fingerprint density at radius 1 is 1.20 bits per heavy atom. The maximum atomic E-state index is 12.0. The number of anilines is 1. The second kappa shape index (κ2) is 8.94. The van der Waals surface area contributed by atoms with Crippen molar-refractivity contribution in [2.75, 3.05) is 19.5 Å². The van der Waals surface area contributed by atoms with Crippen molar-refractivity contribution in [2.24, 2.45) is 5.16 Å². The molecule has 0 fully saturated rings. The van der Waals surface area contributed by atoms with Crippen LogP contribution in [0.3, 0.4) is 0 Å². The van der Waals surface area contributed by atoms with Crippen LogP contribution in [-0.4, -0.2) is 32.4 Å². The average molecular weight is 363 g/mol. The summed E-state index contributed by atoms with van der Waals surface area (Å²) in [6.07, 6.45) is 0.687. The second-order valence-corrected chi connectivity index (χ2v) is 5.48. The Morgan fingerprint density at radius 2 is 1.92 bits per heavy atom. The number of amides is 1. The summed E-state index contributed by atoms with van der Waals surface area (Å²) >= 11 is 6.12. The van der Waals surface area contributed by atoms with Gasteiger partial charge in [-0.05, 0) is 31.2 Å². The zero-order valence-electron chi connectivity index (χ0n) is 14.2. The lowest BCUT2D eigenvalue weighted by molar-refractivity contribution is -0.126. The molecule has 0 saturated heterocycles. The van der Waals surface area contributed by atoms with E-state index in [0.29, 0.717) is 27.8 Å². The van der Waals surface area contributed by atoms with E-state index in [4.69, 9.17) is 25.9 Å². The molecule has 0 bridgehead atoms. The highest BCUT2D eigenvalue weighted by molar-refractivity contribution is 6.32. The number of hydrogen-bond acceptors (Lipinski definition) is 5. The van der Waals surface area contributed by atoms with Crippen molar-refractivity contribution in [2.45, 2.75) is 13.0 Å². The Morgan fingerprint density at radius 3 is 2.56 bits per heavy atom. The van der Waals surface area contributed by atoms with Crippen LogP contribution in [0.1, 0.15) is 12.5 Å². The smallest absolute Gasteiger partial charge is 0.267 e. The van der Waals surface area contributed by atoms with Crippen LogP contribution in [0, 0.1) is 0 Å². The highest BCUT2D eigenvalue weighted by Gasteiger charge is 2.14. The third-order valence-electron chi connectivity index (χ3n) is 3.29. The van der Waals surface area contributed by atoms with Gasteiger partial charge in [-0.1, -0.05) is 35.0 Å². The zero-order chi connectivity index (χ0) is 18.2. The molecule has 0 aromatic heterocycles. The SMILES string of the molecule is COc1cc(/C=N\O[C@@H](C)C(=O)Nc2ccccc2)cc(Cl)c1OC. The molecule has 0 aliphatic rings. The summed E-state index contributed by atoms with van der Waals surface area (Å²) in [5.41, 5.74) is 1.34. The van der Waals surface area contributed by atoms with Crippen molar-refractivity contribution >= 4 is 29.4 Å². The molecule has 0 spiro atoms.